The van der Waals surface area contributed by atoms with Crippen LogP contribution in [-0.4, -0.2) is 20.5 Å². The third kappa shape index (κ3) is 2.85. The minimum absolute atomic E-state index is 0.0452. The number of nitrogens with zero attached hydrogens (tertiary/aromatic N) is 3. The third-order valence-electron chi connectivity index (χ3n) is 2.57. The summed E-state index contributed by atoms with van der Waals surface area (Å²) in [4.78, 5) is 13.1. The zero-order valence-corrected chi connectivity index (χ0v) is 11.5. The van der Waals surface area contributed by atoms with Crippen molar-refractivity contribution in [3.05, 3.63) is 41.1 Å². The summed E-state index contributed by atoms with van der Waals surface area (Å²) in [6, 6.07) is 9.41. The van der Waals surface area contributed by atoms with Crippen molar-refractivity contribution in [2.45, 2.75) is 20.3 Å². The van der Waals surface area contributed by atoms with Crippen LogP contribution in [0.25, 0.3) is 11.3 Å². The lowest BCUT2D eigenvalue weighted by molar-refractivity contribution is -0.710. The van der Waals surface area contributed by atoms with Crippen LogP contribution in [0.15, 0.2) is 36.1 Å². The molecule has 0 aliphatic heterocycles. The van der Waals surface area contributed by atoms with Crippen LogP contribution in [0.5, 0.6) is 0 Å². The molecule has 1 N–H and O–H groups in total. The number of hydrogen-bond donors (Lipinski definition) is 1. The van der Waals surface area contributed by atoms with Gasteiger partial charge in [0.1, 0.15) is 5.76 Å². The van der Waals surface area contributed by atoms with Crippen LogP contribution in [0.1, 0.15) is 25.3 Å². The van der Waals surface area contributed by atoms with E-state index < -0.39 is 0 Å². The summed E-state index contributed by atoms with van der Waals surface area (Å²) >= 11 is 1.09. The minimum Gasteiger partial charge on any atom is -0.511 e. The summed E-state index contributed by atoms with van der Waals surface area (Å²) < 4.78 is 4.16. The molecular weight excluding hydrogens is 262 g/mol. The van der Waals surface area contributed by atoms with Gasteiger partial charge in [-0.2, -0.15) is 0 Å². The molecule has 0 aliphatic carbocycles. The van der Waals surface area contributed by atoms with Crippen LogP contribution < -0.4 is 4.80 Å². The van der Waals surface area contributed by atoms with Gasteiger partial charge in [0.2, 0.25) is 5.01 Å². The van der Waals surface area contributed by atoms with Gasteiger partial charge in [-0.05, 0) is 6.92 Å². The first kappa shape index (κ1) is 13.4. The van der Waals surface area contributed by atoms with E-state index in [1.807, 2.05) is 30.3 Å². The number of para-hydroxylation sites is 1. The van der Waals surface area contributed by atoms with Gasteiger partial charge in [-0.3, -0.25) is 4.79 Å². The lowest BCUT2D eigenvalue weighted by atomic mass is 10.1. The van der Waals surface area contributed by atoms with E-state index in [2.05, 4.69) is 9.59 Å². The molecule has 0 saturated carbocycles. The second-order valence-electron chi connectivity index (χ2n) is 3.93. The minimum atomic E-state index is -0.212. The Bertz CT molecular complexity index is 620. The molecule has 1 aromatic heterocycles. The number of hydrogen-bond acceptors (Lipinski definition) is 5. The Balaban J connectivity index is 2.44. The third-order valence-corrected chi connectivity index (χ3v) is 3.26. The van der Waals surface area contributed by atoms with Crippen molar-refractivity contribution in [3.63, 3.8) is 0 Å². The Labute approximate surface area is 115 Å². The number of carbonyl (C=O) groups excluding carboxylic acids is 1. The molecule has 1 aromatic carbocycles. The fourth-order valence-corrected chi connectivity index (χ4v) is 2.37. The highest BCUT2D eigenvalue weighted by molar-refractivity contribution is 7.06. The van der Waals surface area contributed by atoms with Crippen molar-refractivity contribution in [2.75, 3.05) is 0 Å². The molecule has 2 rings (SSSR count). The molecule has 0 atom stereocenters. The largest absolute Gasteiger partial charge is 0.511 e. The zero-order chi connectivity index (χ0) is 13.8. The van der Waals surface area contributed by atoms with Gasteiger partial charge in [-0.1, -0.05) is 25.1 Å². The van der Waals surface area contributed by atoms with Gasteiger partial charge in [-0.25, -0.2) is 0 Å². The van der Waals surface area contributed by atoms with Gasteiger partial charge in [0.05, 0.1) is 26.4 Å². The highest BCUT2D eigenvalue weighted by atomic mass is 32.1. The van der Waals surface area contributed by atoms with E-state index in [0.29, 0.717) is 11.4 Å². The smallest absolute Gasteiger partial charge is 0.269 e. The summed E-state index contributed by atoms with van der Waals surface area (Å²) in [6.07, 6.45) is 0.389. The van der Waals surface area contributed by atoms with Crippen LogP contribution in [-0.2, 0) is 4.79 Å². The molecule has 0 saturated heterocycles. The summed E-state index contributed by atoms with van der Waals surface area (Å²) in [7, 11) is 0. The first-order valence-electron chi connectivity index (χ1n) is 5.88. The van der Waals surface area contributed by atoms with Gasteiger partial charge >= 0.3 is 0 Å². The zero-order valence-electron chi connectivity index (χ0n) is 10.7. The maximum Gasteiger partial charge on any atom is 0.269 e. The van der Waals surface area contributed by atoms with Crippen LogP contribution in [0.2, 0.25) is 0 Å². The van der Waals surface area contributed by atoms with Crippen molar-refractivity contribution in [3.8, 4) is 5.69 Å². The highest BCUT2D eigenvalue weighted by Gasteiger charge is 2.23. The highest BCUT2D eigenvalue weighted by Crippen LogP contribution is 2.20. The number of rotatable bonds is 4. The number of ketones is 1. The first-order valence-corrected chi connectivity index (χ1v) is 6.66. The fraction of sp³-hybridized carbons (Fsp3) is 0.231. The topological polar surface area (TPSA) is 67.0 Å². The van der Waals surface area contributed by atoms with Gasteiger partial charge in [0.15, 0.2) is 5.78 Å². The van der Waals surface area contributed by atoms with Crippen LogP contribution in [0.4, 0.5) is 0 Å². The quantitative estimate of drug-likeness (QED) is 0.527. The average molecular weight is 276 g/mol. The van der Waals surface area contributed by atoms with Gasteiger partial charge in [0.25, 0.3) is 5.69 Å². The molecule has 0 unspecified atom stereocenters. The van der Waals surface area contributed by atoms with E-state index in [0.717, 1.165) is 17.2 Å². The predicted octanol–water partition coefficient (Wildman–Crippen LogP) is 2.08. The van der Waals surface area contributed by atoms with Crippen molar-refractivity contribution in [1.82, 2.24) is 9.59 Å². The lowest BCUT2D eigenvalue weighted by Gasteiger charge is -1.99. The van der Waals surface area contributed by atoms with Crippen LogP contribution in [0, 0.1) is 0 Å². The fourth-order valence-electron chi connectivity index (χ4n) is 1.62. The Hall–Kier alpha value is -2.08. The van der Waals surface area contributed by atoms with Crippen molar-refractivity contribution in [1.29, 1.82) is 0 Å². The Morgan fingerprint density at radius 1 is 1.37 bits per heavy atom. The van der Waals surface area contributed by atoms with E-state index in [9.17, 15) is 9.90 Å². The molecule has 0 fully saturated rings. The average Bonchev–Trinajstić information content (AvgIpc) is 2.88. The molecular formula is C13H14N3O2S+. The van der Waals surface area contributed by atoms with Crippen LogP contribution in [0.3, 0.4) is 0 Å². The summed E-state index contributed by atoms with van der Waals surface area (Å²) in [5, 5.41) is 14.5. The molecule has 0 radical (unpaired) electrons. The maximum absolute atomic E-state index is 11.6. The number of aromatic nitrogens is 3. The van der Waals surface area contributed by atoms with E-state index >= 15 is 0 Å². The van der Waals surface area contributed by atoms with Crippen molar-refractivity contribution < 1.29 is 14.7 Å². The van der Waals surface area contributed by atoms with E-state index in [-0.39, 0.29) is 17.1 Å². The molecule has 0 bridgehead atoms. The second-order valence-corrected chi connectivity index (χ2v) is 4.67. The number of Topliss-reactive ketones (excluding diaryl/α,β-unsaturated/α-hetero) is 1. The molecule has 19 heavy (non-hydrogen) atoms. The van der Waals surface area contributed by atoms with Crippen LogP contribution >= 0.6 is 11.5 Å². The molecule has 0 spiro atoms. The number of benzene rings is 1. The Kier molecular flexibility index (Phi) is 4.01. The predicted molar refractivity (Wildman–Crippen MR) is 72.0 cm³/mol. The van der Waals surface area contributed by atoms with E-state index in [1.54, 1.807) is 6.92 Å². The van der Waals surface area contributed by atoms with Gasteiger partial charge in [-0.15, -0.1) is 0 Å². The SMILES string of the molecule is CC/C(O)=C(\C(C)=O)c1n[n+](-c2ccccc2)ns1. The van der Waals surface area contributed by atoms with E-state index in [1.165, 1.54) is 11.7 Å². The van der Waals surface area contributed by atoms with Gasteiger partial charge in [0, 0.05) is 23.7 Å². The molecule has 6 heteroatoms. The number of aliphatic hydroxyl groups is 1. The number of carbonyl (C=O) groups is 1. The van der Waals surface area contributed by atoms with Gasteiger partial charge < -0.3 is 5.11 Å². The molecule has 1 heterocycles. The standard InChI is InChI=1S/C13H13N3O2S/c1-3-11(18)12(9(2)17)13-14-16(15-19-13)10-7-5-4-6-8-10/h4-8H,3H2,1-2H3/p+1. The molecule has 5 nitrogen and oxygen atoms in total. The molecule has 2 aromatic rings. The summed E-state index contributed by atoms with van der Waals surface area (Å²) in [5.41, 5.74) is 1.05. The Morgan fingerprint density at radius 2 is 2.05 bits per heavy atom. The normalized spacial score (nSPS) is 12.1. The maximum atomic E-state index is 11.6. The summed E-state index contributed by atoms with van der Waals surface area (Å²) in [6.45, 7) is 3.19. The molecule has 98 valence electrons. The monoisotopic (exact) mass is 276 g/mol. The first-order chi connectivity index (χ1) is 9.13. The second kappa shape index (κ2) is 5.71. The Morgan fingerprint density at radius 3 is 2.63 bits per heavy atom. The molecule has 0 amide bonds. The van der Waals surface area contributed by atoms with Crippen molar-refractivity contribution in [2.24, 2.45) is 0 Å². The van der Waals surface area contributed by atoms with Crippen molar-refractivity contribution >= 4 is 22.9 Å². The lowest BCUT2D eigenvalue weighted by Crippen LogP contribution is -2.35. The molecule has 0 aliphatic rings. The number of aliphatic hydroxyl groups excluding tert-OH is 1. The number of allylic oxidation sites excluding steroid dienone is 2. The van der Waals surface area contributed by atoms with E-state index in [4.69, 9.17) is 0 Å². The summed E-state index contributed by atoms with van der Waals surface area (Å²) in [5.74, 6) is -0.167.